The summed E-state index contributed by atoms with van der Waals surface area (Å²) in [6, 6.07) is 0.684. The first-order chi connectivity index (χ1) is 7.27. The molecule has 0 aromatic rings. The largest absolute Gasteiger partial charge is 0.392 e. The van der Waals surface area contributed by atoms with Gasteiger partial charge in [-0.2, -0.15) is 0 Å². The molecule has 0 radical (unpaired) electrons. The lowest BCUT2D eigenvalue weighted by Crippen LogP contribution is -2.48. The van der Waals surface area contributed by atoms with Crippen molar-refractivity contribution in [3.63, 3.8) is 0 Å². The molecule has 90 valence electrons. The second-order valence-corrected chi connectivity index (χ2v) is 4.57. The van der Waals surface area contributed by atoms with Gasteiger partial charge in [-0.3, -0.25) is 0 Å². The topological polar surface area (TPSA) is 41.5 Å². The molecule has 15 heavy (non-hydrogen) atoms. The minimum Gasteiger partial charge on any atom is -0.392 e. The lowest BCUT2D eigenvalue weighted by molar-refractivity contribution is 0.0716. The van der Waals surface area contributed by atoms with Gasteiger partial charge in [0.05, 0.1) is 12.7 Å². The van der Waals surface area contributed by atoms with Crippen molar-refractivity contribution in [2.24, 2.45) is 0 Å². The molecule has 0 bridgehead atoms. The molecule has 1 rings (SSSR count). The summed E-state index contributed by atoms with van der Waals surface area (Å²) in [7, 11) is 1.74. The second-order valence-electron chi connectivity index (χ2n) is 4.57. The van der Waals surface area contributed by atoms with Gasteiger partial charge >= 0.3 is 0 Å². The lowest BCUT2D eigenvalue weighted by Gasteiger charge is -2.32. The Hall–Kier alpha value is -0.120. The van der Waals surface area contributed by atoms with E-state index in [0.717, 1.165) is 32.3 Å². The maximum Gasteiger partial charge on any atom is 0.0693 e. The molecule has 0 saturated heterocycles. The Balaban J connectivity index is 2.33. The number of rotatable bonds is 6. The van der Waals surface area contributed by atoms with E-state index >= 15 is 0 Å². The van der Waals surface area contributed by atoms with Crippen molar-refractivity contribution in [1.29, 1.82) is 0 Å². The fraction of sp³-hybridized carbons (Fsp3) is 1.00. The average molecular weight is 215 g/mol. The van der Waals surface area contributed by atoms with Crippen LogP contribution in [-0.2, 0) is 4.74 Å². The van der Waals surface area contributed by atoms with Gasteiger partial charge < -0.3 is 15.2 Å². The van der Waals surface area contributed by atoms with Crippen LogP contribution in [0.25, 0.3) is 0 Å². The van der Waals surface area contributed by atoms with Gasteiger partial charge in [0.1, 0.15) is 0 Å². The minimum atomic E-state index is -0.157. The van der Waals surface area contributed by atoms with E-state index < -0.39 is 0 Å². The molecule has 1 aliphatic rings. The van der Waals surface area contributed by atoms with Crippen molar-refractivity contribution in [2.75, 3.05) is 13.7 Å². The van der Waals surface area contributed by atoms with E-state index in [1.54, 1.807) is 7.11 Å². The van der Waals surface area contributed by atoms with Gasteiger partial charge in [0.25, 0.3) is 0 Å². The summed E-state index contributed by atoms with van der Waals surface area (Å²) in [5, 5.41) is 13.4. The van der Waals surface area contributed by atoms with Gasteiger partial charge in [0.2, 0.25) is 0 Å². The van der Waals surface area contributed by atoms with Crippen LogP contribution in [0.3, 0.4) is 0 Å². The molecule has 0 heterocycles. The van der Waals surface area contributed by atoms with E-state index in [-0.39, 0.29) is 12.1 Å². The smallest absolute Gasteiger partial charge is 0.0693 e. The summed E-state index contributed by atoms with van der Waals surface area (Å²) >= 11 is 0. The molecule has 3 heteroatoms. The van der Waals surface area contributed by atoms with Crippen molar-refractivity contribution >= 4 is 0 Å². The average Bonchev–Trinajstić information content (AvgIpc) is 2.22. The van der Waals surface area contributed by atoms with Crippen molar-refractivity contribution in [3.05, 3.63) is 0 Å². The monoisotopic (exact) mass is 215 g/mol. The Bertz CT molecular complexity index is 158. The van der Waals surface area contributed by atoms with Gasteiger partial charge in [-0.05, 0) is 19.3 Å². The number of hydrogen-bond acceptors (Lipinski definition) is 3. The molecule has 0 aromatic carbocycles. The van der Waals surface area contributed by atoms with Crippen molar-refractivity contribution < 1.29 is 9.84 Å². The first-order valence-corrected chi connectivity index (χ1v) is 6.21. The predicted molar refractivity (Wildman–Crippen MR) is 62.0 cm³/mol. The Kier molecular flexibility index (Phi) is 6.22. The molecular weight excluding hydrogens is 190 g/mol. The van der Waals surface area contributed by atoms with Crippen molar-refractivity contribution in [1.82, 2.24) is 5.32 Å². The molecule has 0 aliphatic heterocycles. The predicted octanol–water partition coefficient (Wildman–Crippen LogP) is 1.69. The third-order valence-electron chi connectivity index (χ3n) is 3.18. The van der Waals surface area contributed by atoms with E-state index in [4.69, 9.17) is 4.74 Å². The second kappa shape index (κ2) is 7.20. The normalized spacial score (nSPS) is 29.0. The number of ether oxygens (including phenoxy) is 1. The van der Waals surface area contributed by atoms with Gasteiger partial charge in [-0.1, -0.05) is 26.2 Å². The molecule has 1 unspecified atom stereocenters. The third kappa shape index (κ3) is 4.49. The number of hydrogen-bond donors (Lipinski definition) is 2. The fourth-order valence-electron chi connectivity index (χ4n) is 2.37. The molecule has 1 fully saturated rings. The number of methoxy groups -OCH3 is 1. The molecular formula is C12H25NO2. The Morgan fingerprint density at radius 3 is 2.73 bits per heavy atom. The van der Waals surface area contributed by atoms with Gasteiger partial charge in [0, 0.05) is 19.2 Å². The molecule has 1 saturated carbocycles. The Morgan fingerprint density at radius 1 is 1.40 bits per heavy atom. The molecule has 0 amide bonds. The maximum absolute atomic E-state index is 9.85. The van der Waals surface area contributed by atoms with E-state index in [1.807, 2.05) is 0 Å². The number of nitrogens with one attached hydrogen (secondary N) is 1. The third-order valence-corrected chi connectivity index (χ3v) is 3.18. The summed E-state index contributed by atoms with van der Waals surface area (Å²) in [6.45, 7) is 2.93. The SMILES string of the molecule is CCCC(COC)N[C@@H]1CCCC[C@H]1O. The highest BCUT2D eigenvalue weighted by molar-refractivity contribution is 4.83. The fourth-order valence-corrected chi connectivity index (χ4v) is 2.37. The molecule has 2 N–H and O–H groups in total. The lowest BCUT2D eigenvalue weighted by atomic mass is 9.92. The van der Waals surface area contributed by atoms with Crippen molar-refractivity contribution in [3.8, 4) is 0 Å². The van der Waals surface area contributed by atoms with Gasteiger partial charge in [-0.25, -0.2) is 0 Å². The van der Waals surface area contributed by atoms with Gasteiger partial charge in [-0.15, -0.1) is 0 Å². The summed E-state index contributed by atoms with van der Waals surface area (Å²) in [5.41, 5.74) is 0. The van der Waals surface area contributed by atoms with Crippen LogP contribution in [0.15, 0.2) is 0 Å². The van der Waals surface area contributed by atoms with Crippen LogP contribution in [0, 0.1) is 0 Å². The van der Waals surface area contributed by atoms with E-state index in [2.05, 4.69) is 12.2 Å². The summed E-state index contributed by atoms with van der Waals surface area (Å²) in [5.74, 6) is 0. The highest BCUT2D eigenvalue weighted by Crippen LogP contribution is 2.19. The Labute approximate surface area is 93.2 Å². The molecule has 1 aliphatic carbocycles. The quantitative estimate of drug-likeness (QED) is 0.708. The van der Waals surface area contributed by atoms with Gasteiger partial charge in [0.15, 0.2) is 0 Å². The van der Waals surface area contributed by atoms with Crippen LogP contribution in [0.1, 0.15) is 45.4 Å². The zero-order valence-corrected chi connectivity index (χ0v) is 10.0. The molecule has 0 aromatic heterocycles. The molecule has 3 nitrogen and oxygen atoms in total. The first-order valence-electron chi connectivity index (χ1n) is 6.21. The Morgan fingerprint density at radius 2 is 2.13 bits per heavy atom. The number of aliphatic hydroxyl groups is 1. The van der Waals surface area contributed by atoms with E-state index in [9.17, 15) is 5.11 Å². The molecule has 3 atom stereocenters. The van der Waals surface area contributed by atoms with E-state index in [0.29, 0.717) is 6.04 Å². The van der Waals surface area contributed by atoms with Crippen LogP contribution < -0.4 is 5.32 Å². The maximum atomic E-state index is 9.85. The zero-order chi connectivity index (χ0) is 11.1. The first kappa shape index (κ1) is 12.9. The van der Waals surface area contributed by atoms with Crippen LogP contribution in [0.2, 0.25) is 0 Å². The minimum absolute atomic E-state index is 0.157. The number of aliphatic hydroxyl groups excluding tert-OH is 1. The van der Waals surface area contributed by atoms with Crippen molar-refractivity contribution in [2.45, 2.75) is 63.6 Å². The summed E-state index contributed by atoms with van der Waals surface area (Å²) < 4.78 is 5.19. The van der Waals surface area contributed by atoms with Crippen LogP contribution in [0.4, 0.5) is 0 Å². The summed E-state index contributed by atoms with van der Waals surface area (Å²) in [4.78, 5) is 0. The molecule has 0 spiro atoms. The highest BCUT2D eigenvalue weighted by Gasteiger charge is 2.24. The van der Waals surface area contributed by atoms with Crippen LogP contribution >= 0.6 is 0 Å². The van der Waals surface area contributed by atoms with Crippen LogP contribution in [-0.4, -0.2) is 37.0 Å². The summed E-state index contributed by atoms with van der Waals surface area (Å²) in [6.07, 6.45) is 6.58. The zero-order valence-electron chi connectivity index (χ0n) is 10.0. The standard InChI is InChI=1S/C12H25NO2/c1-3-6-10(9-15-2)13-11-7-4-5-8-12(11)14/h10-14H,3-9H2,1-2H3/t10?,11-,12-/m1/s1. The van der Waals surface area contributed by atoms with E-state index in [1.165, 1.54) is 12.8 Å². The highest BCUT2D eigenvalue weighted by atomic mass is 16.5. The van der Waals surface area contributed by atoms with Crippen LogP contribution in [0.5, 0.6) is 0 Å².